The van der Waals surface area contributed by atoms with E-state index < -0.39 is 0 Å². The van der Waals surface area contributed by atoms with Gasteiger partial charge in [0.1, 0.15) is 0 Å². The minimum Gasteiger partial charge on any atom is -0.395 e. The Morgan fingerprint density at radius 3 is 2.78 bits per heavy atom. The van der Waals surface area contributed by atoms with Crippen molar-refractivity contribution in [2.75, 3.05) is 44.6 Å². The quantitative estimate of drug-likeness (QED) is 0.809. The molecule has 1 aliphatic carbocycles. The number of aromatic nitrogens is 1. The van der Waals surface area contributed by atoms with Crippen molar-refractivity contribution in [3.05, 3.63) is 10.6 Å². The van der Waals surface area contributed by atoms with Crippen LogP contribution in [0.1, 0.15) is 30.3 Å². The van der Waals surface area contributed by atoms with Crippen LogP contribution in [-0.4, -0.2) is 71.2 Å². The largest absolute Gasteiger partial charge is 0.395 e. The van der Waals surface area contributed by atoms with Crippen molar-refractivity contribution in [2.45, 2.75) is 38.6 Å². The molecule has 0 saturated carbocycles. The van der Waals surface area contributed by atoms with Crippen LogP contribution < -0.4 is 5.32 Å². The van der Waals surface area contributed by atoms with Crippen molar-refractivity contribution in [3.63, 3.8) is 0 Å². The molecule has 2 aliphatic rings. The lowest BCUT2D eigenvalue weighted by molar-refractivity contribution is -0.117. The second-order valence-electron chi connectivity index (χ2n) is 6.35. The predicted octanol–water partition coefficient (Wildman–Crippen LogP) is 0.959. The van der Waals surface area contributed by atoms with Gasteiger partial charge in [0.2, 0.25) is 5.91 Å². The highest BCUT2D eigenvalue weighted by atomic mass is 32.1. The molecule has 0 aromatic carbocycles. The van der Waals surface area contributed by atoms with E-state index in [9.17, 15) is 9.90 Å². The van der Waals surface area contributed by atoms with Crippen LogP contribution in [0.25, 0.3) is 0 Å². The first-order chi connectivity index (χ1) is 11.2. The second kappa shape index (κ2) is 7.70. The number of rotatable bonds is 6. The molecule has 1 aromatic rings. The number of carbonyl (C=O) groups excluding carboxylic acids is 1. The lowest BCUT2D eigenvalue weighted by atomic mass is 10.1. The maximum atomic E-state index is 12.2. The molecule has 3 rings (SSSR count). The number of hydrogen-bond donors (Lipinski definition) is 2. The van der Waals surface area contributed by atoms with E-state index >= 15 is 0 Å². The molecular weight excluding hydrogens is 312 g/mol. The van der Waals surface area contributed by atoms with Crippen LogP contribution in [0.2, 0.25) is 0 Å². The summed E-state index contributed by atoms with van der Waals surface area (Å²) in [7, 11) is 0. The smallest absolute Gasteiger partial charge is 0.240 e. The van der Waals surface area contributed by atoms with Crippen molar-refractivity contribution in [1.82, 2.24) is 14.8 Å². The lowest BCUT2D eigenvalue weighted by Crippen LogP contribution is -2.52. The van der Waals surface area contributed by atoms with Gasteiger partial charge in [0, 0.05) is 37.1 Å². The SMILES string of the molecule is CCC(CO)N1CCN(CC(=O)Nc2nc3c(s2)CCC3)CC1. The van der Waals surface area contributed by atoms with Gasteiger partial charge in [-0.2, -0.15) is 0 Å². The molecule has 1 fully saturated rings. The van der Waals surface area contributed by atoms with Gasteiger partial charge < -0.3 is 10.4 Å². The summed E-state index contributed by atoms with van der Waals surface area (Å²) in [5.74, 6) is 0.0278. The number of nitrogens with zero attached hydrogens (tertiary/aromatic N) is 3. The normalized spacial score (nSPS) is 20.4. The maximum absolute atomic E-state index is 12.2. The predicted molar refractivity (Wildman–Crippen MR) is 91.9 cm³/mol. The van der Waals surface area contributed by atoms with Gasteiger partial charge >= 0.3 is 0 Å². The van der Waals surface area contributed by atoms with Crippen molar-refractivity contribution in [1.29, 1.82) is 0 Å². The average molecular weight is 338 g/mol. The summed E-state index contributed by atoms with van der Waals surface area (Å²) >= 11 is 1.63. The molecule has 23 heavy (non-hydrogen) atoms. The number of piperazine rings is 1. The van der Waals surface area contributed by atoms with E-state index in [1.807, 2.05) is 0 Å². The molecule has 1 amide bonds. The summed E-state index contributed by atoms with van der Waals surface area (Å²) in [6.45, 7) is 6.32. The highest BCUT2D eigenvalue weighted by Crippen LogP contribution is 2.30. The number of aryl methyl sites for hydroxylation is 2. The Kier molecular flexibility index (Phi) is 5.63. The van der Waals surface area contributed by atoms with Crippen LogP contribution in [0, 0.1) is 0 Å². The topological polar surface area (TPSA) is 68.7 Å². The zero-order valence-corrected chi connectivity index (χ0v) is 14.6. The maximum Gasteiger partial charge on any atom is 0.240 e. The Hall–Kier alpha value is -1.02. The van der Waals surface area contributed by atoms with E-state index in [-0.39, 0.29) is 18.6 Å². The summed E-state index contributed by atoms with van der Waals surface area (Å²) in [6.07, 6.45) is 4.31. The van der Waals surface area contributed by atoms with Crippen molar-refractivity contribution < 1.29 is 9.90 Å². The summed E-state index contributed by atoms with van der Waals surface area (Å²) < 4.78 is 0. The molecule has 1 atom stereocenters. The van der Waals surface area contributed by atoms with Crippen LogP contribution in [-0.2, 0) is 17.6 Å². The van der Waals surface area contributed by atoms with E-state index in [1.165, 1.54) is 17.0 Å². The molecule has 7 heteroatoms. The first-order valence-corrected chi connectivity index (χ1v) is 9.37. The zero-order valence-electron chi connectivity index (χ0n) is 13.8. The van der Waals surface area contributed by atoms with Crippen LogP contribution in [0.15, 0.2) is 0 Å². The highest BCUT2D eigenvalue weighted by molar-refractivity contribution is 7.15. The molecule has 6 nitrogen and oxygen atoms in total. The Bertz CT molecular complexity index is 515. The number of nitrogens with one attached hydrogen (secondary N) is 1. The van der Waals surface area contributed by atoms with Gasteiger partial charge in [-0.05, 0) is 25.7 Å². The first kappa shape index (κ1) is 16.8. The van der Waals surface area contributed by atoms with Crippen molar-refractivity contribution >= 4 is 22.4 Å². The third kappa shape index (κ3) is 4.09. The van der Waals surface area contributed by atoms with E-state index in [4.69, 9.17) is 0 Å². The third-order valence-electron chi connectivity index (χ3n) is 4.81. The Morgan fingerprint density at radius 2 is 2.13 bits per heavy atom. The minimum atomic E-state index is 0.0278. The Morgan fingerprint density at radius 1 is 1.35 bits per heavy atom. The Labute approximate surface area is 141 Å². The minimum absolute atomic E-state index is 0.0278. The van der Waals surface area contributed by atoms with Gasteiger partial charge in [0.15, 0.2) is 5.13 Å². The van der Waals surface area contributed by atoms with Crippen molar-refractivity contribution in [2.24, 2.45) is 0 Å². The molecule has 1 aromatic heterocycles. The summed E-state index contributed by atoms with van der Waals surface area (Å²) in [6, 6.07) is 0.253. The van der Waals surface area contributed by atoms with E-state index in [0.717, 1.165) is 50.6 Å². The van der Waals surface area contributed by atoms with Gasteiger partial charge in [-0.1, -0.05) is 6.92 Å². The summed E-state index contributed by atoms with van der Waals surface area (Å²) in [5, 5.41) is 13.1. The molecule has 0 radical (unpaired) electrons. The lowest BCUT2D eigenvalue weighted by Gasteiger charge is -2.38. The fraction of sp³-hybridized carbons (Fsp3) is 0.750. The highest BCUT2D eigenvalue weighted by Gasteiger charge is 2.24. The van der Waals surface area contributed by atoms with Gasteiger partial charge in [-0.15, -0.1) is 11.3 Å². The first-order valence-electron chi connectivity index (χ1n) is 8.55. The number of aliphatic hydroxyl groups excluding tert-OH is 1. The Balaban J connectivity index is 1.44. The fourth-order valence-corrected chi connectivity index (χ4v) is 4.46. The molecule has 0 spiro atoms. The van der Waals surface area contributed by atoms with E-state index in [1.54, 1.807) is 11.3 Å². The van der Waals surface area contributed by atoms with Gasteiger partial charge in [0.05, 0.1) is 18.8 Å². The van der Waals surface area contributed by atoms with E-state index in [2.05, 4.69) is 27.0 Å². The van der Waals surface area contributed by atoms with Crippen LogP contribution in [0.5, 0.6) is 0 Å². The molecule has 0 bridgehead atoms. The molecular formula is C16H26N4O2S. The number of aliphatic hydroxyl groups is 1. The van der Waals surface area contributed by atoms with Gasteiger partial charge in [0.25, 0.3) is 0 Å². The molecule has 128 valence electrons. The van der Waals surface area contributed by atoms with Crippen molar-refractivity contribution in [3.8, 4) is 0 Å². The number of hydrogen-bond acceptors (Lipinski definition) is 6. The molecule has 1 aliphatic heterocycles. The summed E-state index contributed by atoms with van der Waals surface area (Å²) in [4.78, 5) is 22.5. The zero-order chi connectivity index (χ0) is 16.2. The number of carbonyl (C=O) groups is 1. The van der Waals surface area contributed by atoms with Crippen LogP contribution >= 0.6 is 11.3 Å². The number of thiazole rings is 1. The fourth-order valence-electron chi connectivity index (χ4n) is 3.40. The van der Waals surface area contributed by atoms with E-state index in [0.29, 0.717) is 6.54 Å². The van der Waals surface area contributed by atoms with Gasteiger partial charge in [-0.3, -0.25) is 14.6 Å². The molecule has 1 saturated heterocycles. The van der Waals surface area contributed by atoms with Gasteiger partial charge in [-0.25, -0.2) is 4.98 Å². The second-order valence-corrected chi connectivity index (χ2v) is 7.43. The summed E-state index contributed by atoms with van der Waals surface area (Å²) in [5.41, 5.74) is 1.17. The third-order valence-corrected chi connectivity index (χ3v) is 5.89. The molecule has 2 N–H and O–H groups in total. The molecule has 1 unspecified atom stereocenters. The molecule has 2 heterocycles. The standard InChI is InChI=1S/C16H26N4O2S/c1-2-12(11-21)20-8-6-19(7-9-20)10-15(22)18-16-17-13-4-3-5-14(13)23-16/h12,21H,2-11H2,1H3,(H,17,18,22). The van der Waals surface area contributed by atoms with Crippen LogP contribution in [0.4, 0.5) is 5.13 Å². The average Bonchev–Trinajstić information content (AvgIpc) is 3.11. The number of anilines is 1. The monoisotopic (exact) mass is 338 g/mol. The van der Waals surface area contributed by atoms with Crippen LogP contribution in [0.3, 0.4) is 0 Å². The number of amides is 1. The number of fused-ring (bicyclic) bond motifs is 1.